The number of amides is 2. The normalized spacial score (nSPS) is 27.9. The van der Waals surface area contributed by atoms with Gasteiger partial charge in [-0.1, -0.05) is 26.2 Å². The summed E-state index contributed by atoms with van der Waals surface area (Å²) in [6.07, 6.45) is 4.29. The number of hydrogen-bond donors (Lipinski definition) is 0. The van der Waals surface area contributed by atoms with Gasteiger partial charge in [-0.15, -0.1) is 0 Å². The van der Waals surface area contributed by atoms with E-state index in [4.69, 9.17) is 0 Å². The number of rotatable bonds is 5. The average molecular weight is 223 g/mol. The Morgan fingerprint density at radius 3 is 2.75 bits per heavy atom. The third-order valence-electron chi connectivity index (χ3n) is 3.20. The van der Waals surface area contributed by atoms with Crippen LogP contribution in [0.4, 0.5) is 0 Å². The van der Waals surface area contributed by atoms with E-state index in [0.29, 0.717) is 13.1 Å². The minimum Gasteiger partial charge on any atom is -0.280 e. The Balaban J connectivity index is 1.88. The molecule has 0 radical (unpaired) electrons. The quantitative estimate of drug-likeness (QED) is 0.522. The second kappa shape index (κ2) is 4.72. The van der Waals surface area contributed by atoms with Crippen LogP contribution in [0.2, 0.25) is 0 Å². The number of imide groups is 1. The molecule has 2 heterocycles. The van der Waals surface area contributed by atoms with Crippen LogP contribution in [0.5, 0.6) is 0 Å². The van der Waals surface area contributed by atoms with Crippen LogP contribution < -0.4 is 0 Å². The van der Waals surface area contributed by atoms with Gasteiger partial charge in [0.25, 0.3) is 5.91 Å². The van der Waals surface area contributed by atoms with Gasteiger partial charge >= 0.3 is 0 Å². The zero-order valence-electron chi connectivity index (χ0n) is 9.56. The molecule has 2 atom stereocenters. The Hall–Kier alpha value is -1.26. The van der Waals surface area contributed by atoms with Gasteiger partial charge in [-0.3, -0.25) is 14.5 Å². The fourth-order valence-corrected chi connectivity index (χ4v) is 2.22. The number of carbonyl (C=O) groups excluding carboxylic acids is 2. The van der Waals surface area contributed by atoms with E-state index in [1.54, 1.807) is 0 Å². The predicted molar refractivity (Wildman–Crippen MR) is 57.9 cm³/mol. The molecule has 0 aliphatic carbocycles. The number of unbranched alkanes of at least 4 members (excludes halogenated alkanes) is 3. The van der Waals surface area contributed by atoms with Gasteiger partial charge in [-0.05, 0) is 6.42 Å². The molecule has 0 spiro atoms. The van der Waals surface area contributed by atoms with Crippen molar-refractivity contribution in [2.45, 2.75) is 38.6 Å². The van der Waals surface area contributed by atoms with Crippen molar-refractivity contribution >= 4 is 11.8 Å². The summed E-state index contributed by atoms with van der Waals surface area (Å²) in [4.78, 5) is 25.0. The molecule has 2 amide bonds. The van der Waals surface area contributed by atoms with Gasteiger partial charge in [0.05, 0.1) is 12.5 Å². The minimum atomic E-state index is -0.501. The smallest absolute Gasteiger partial charge is 0.256 e. The number of nitrogens with zero attached hydrogens (tertiary/aromatic N) is 3. The Morgan fingerprint density at radius 1 is 1.25 bits per heavy atom. The van der Waals surface area contributed by atoms with Crippen molar-refractivity contribution in [2.75, 3.05) is 13.1 Å². The Morgan fingerprint density at radius 2 is 2.06 bits per heavy atom. The summed E-state index contributed by atoms with van der Waals surface area (Å²) < 4.78 is 0. The van der Waals surface area contributed by atoms with Crippen LogP contribution >= 0.6 is 0 Å². The molecular weight excluding hydrogens is 206 g/mol. The first-order valence-electron chi connectivity index (χ1n) is 5.97. The third kappa shape index (κ3) is 1.86. The highest BCUT2D eigenvalue weighted by Gasteiger charge is 2.49. The summed E-state index contributed by atoms with van der Waals surface area (Å²) in [6.45, 7) is 3.08. The third-order valence-corrected chi connectivity index (χ3v) is 3.20. The molecule has 1 saturated heterocycles. The van der Waals surface area contributed by atoms with Crippen molar-refractivity contribution in [1.29, 1.82) is 0 Å². The van der Waals surface area contributed by atoms with E-state index >= 15 is 0 Å². The molecule has 0 bridgehead atoms. The van der Waals surface area contributed by atoms with Gasteiger partial charge in [0.15, 0.2) is 6.04 Å². The van der Waals surface area contributed by atoms with Crippen molar-refractivity contribution in [2.24, 2.45) is 16.1 Å². The van der Waals surface area contributed by atoms with Crippen molar-refractivity contribution in [3.63, 3.8) is 0 Å². The molecular formula is C11H17N3O2. The molecule has 0 unspecified atom stereocenters. The van der Waals surface area contributed by atoms with E-state index in [1.165, 1.54) is 4.90 Å². The molecule has 0 aromatic carbocycles. The fraction of sp³-hybridized carbons (Fsp3) is 0.818. The van der Waals surface area contributed by atoms with E-state index in [-0.39, 0.29) is 17.7 Å². The first-order chi connectivity index (χ1) is 7.75. The molecule has 2 aliphatic rings. The highest BCUT2D eigenvalue weighted by molar-refractivity contribution is 6.07. The van der Waals surface area contributed by atoms with Crippen molar-refractivity contribution in [3.05, 3.63) is 0 Å². The maximum Gasteiger partial charge on any atom is 0.256 e. The predicted octanol–water partition coefficient (Wildman–Crippen LogP) is 1.39. The Bertz CT molecular complexity index is 327. The van der Waals surface area contributed by atoms with Gasteiger partial charge in [-0.25, -0.2) is 0 Å². The van der Waals surface area contributed by atoms with E-state index in [9.17, 15) is 9.59 Å². The van der Waals surface area contributed by atoms with E-state index in [1.807, 2.05) is 0 Å². The molecule has 0 N–H and O–H groups in total. The molecule has 5 heteroatoms. The highest BCUT2D eigenvalue weighted by atomic mass is 16.2. The lowest BCUT2D eigenvalue weighted by atomic mass is 10.1. The van der Waals surface area contributed by atoms with Gasteiger partial charge in [0.1, 0.15) is 0 Å². The zero-order valence-corrected chi connectivity index (χ0v) is 9.56. The Kier molecular flexibility index (Phi) is 3.31. The SMILES string of the molecule is CCCCCCN1C(=O)[C@H]2CN=N[C@H]2C1=O. The first-order valence-corrected chi connectivity index (χ1v) is 5.97. The second-order valence-corrected chi connectivity index (χ2v) is 4.38. The van der Waals surface area contributed by atoms with Crippen molar-refractivity contribution in [1.82, 2.24) is 4.90 Å². The van der Waals surface area contributed by atoms with Crippen LogP contribution in [0.1, 0.15) is 32.6 Å². The summed E-state index contributed by atoms with van der Waals surface area (Å²) >= 11 is 0. The molecule has 0 aromatic rings. The lowest BCUT2D eigenvalue weighted by Crippen LogP contribution is -2.33. The number of fused-ring (bicyclic) bond motifs is 1. The monoisotopic (exact) mass is 223 g/mol. The lowest BCUT2D eigenvalue weighted by Gasteiger charge is -2.14. The molecule has 2 aliphatic heterocycles. The number of hydrogen-bond acceptors (Lipinski definition) is 4. The van der Waals surface area contributed by atoms with E-state index in [2.05, 4.69) is 17.2 Å². The summed E-state index contributed by atoms with van der Waals surface area (Å²) in [5.74, 6) is -0.511. The number of likely N-dealkylation sites (tertiary alicyclic amines) is 1. The van der Waals surface area contributed by atoms with Gasteiger partial charge in [-0.2, -0.15) is 10.2 Å². The second-order valence-electron chi connectivity index (χ2n) is 4.38. The standard InChI is InChI=1S/C11H17N3O2/c1-2-3-4-5-6-14-10(15)8-7-12-13-9(8)11(14)16/h8-9H,2-7H2,1H3/t8-,9+/m0/s1. The maximum absolute atomic E-state index is 11.8. The molecule has 2 rings (SSSR count). The molecule has 0 saturated carbocycles. The average Bonchev–Trinajstić information content (AvgIpc) is 2.83. The lowest BCUT2D eigenvalue weighted by molar-refractivity contribution is -0.139. The molecule has 16 heavy (non-hydrogen) atoms. The van der Waals surface area contributed by atoms with Gasteiger partial charge in [0, 0.05) is 6.54 Å². The van der Waals surface area contributed by atoms with E-state index < -0.39 is 6.04 Å². The van der Waals surface area contributed by atoms with Crippen LogP contribution in [-0.2, 0) is 9.59 Å². The largest absolute Gasteiger partial charge is 0.280 e. The summed E-state index contributed by atoms with van der Waals surface area (Å²) in [5, 5.41) is 7.61. The maximum atomic E-state index is 11.8. The van der Waals surface area contributed by atoms with Crippen LogP contribution in [-0.4, -0.2) is 35.8 Å². The molecule has 1 fully saturated rings. The summed E-state index contributed by atoms with van der Waals surface area (Å²) in [7, 11) is 0. The first kappa shape index (κ1) is 11.2. The van der Waals surface area contributed by atoms with Gasteiger partial charge in [0.2, 0.25) is 5.91 Å². The number of carbonyl (C=O) groups is 2. The van der Waals surface area contributed by atoms with Gasteiger partial charge < -0.3 is 0 Å². The topological polar surface area (TPSA) is 62.1 Å². The highest BCUT2D eigenvalue weighted by Crippen LogP contribution is 2.28. The molecule has 88 valence electrons. The number of azo groups is 1. The molecule has 5 nitrogen and oxygen atoms in total. The Labute approximate surface area is 94.9 Å². The van der Waals surface area contributed by atoms with Crippen LogP contribution in [0.15, 0.2) is 10.2 Å². The zero-order chi connectivity index (χ0) is 11.5. The van der Waals surface area contributed by atoms with Crippen LogP contribution in [0, 0.1) is 5.92 Å². The van der Waals surface area contributed by atoms with E-state index in [0.717, 1.165) is 25.7 Å². The molecule has 0 aromatic heterocycles. The van der Waals surface area contributed by atoms with Crippen LogP contribution in [0.3, 0.4) is 0 Å². The van der Waals surface area contributed by atoms with Crippen molar-refractivity contribution < 1.29 is 9.59 Å². The van der Waals surface area contributed by atoms with Crippen molar-refractivity contribution in [3.8, 4) is 0 Å². The van der Waals surface area contributed by atoms with Crippen LogP contribution in [0.25, 0.3) is 0 Å². The summed E-state index contributed by atoms with van der Waals surface area (Å²) in [6, 6.07) is -0.501. The summed E-state index contributed by atoms with van der Waals surface area (Å²) in [5.41, 5.74) is 0. The fourth-order valence-electron chi connectivity index (χ4n) is 2.22. The minimum absolute atomic E-state index is 0.0727.